The fourth-order valence-electron chi connectivity index (χ4n) is 2.58. The van der Waals surface area contributed by atoms with Gasteiger partial charge in [0, 0.05) is 24.9 Å². The first-order chi connectivity index (χ1) is 9.02. The van der Waals surface area contributed by atoms with Gasteiger partial charge in [-0.25, -0.2) is 0 Å². The number of nitrogens with zero attached hydrogens (tertiary/aromatic N) is 1. The van der Waals surface area contributed by atoms with E-state index in [9.17, 15) is 0 Å². The zero-order chi connectivity index (χ0) is 14.0. The van der Waals surface area contributed by atoms with E-state index in [-0.39, 0.29) is 0 Å². The molecule has 0 unspecified atom stereocenters. The summed E-state index contributed by atoms with van der Waals surface area (Å²) in [7, 11) is 2.16. The summed E-state index contributed by atoms with van der Waals surface area (Å²) in [6.07, 6.45) is 7.65. The normalized spacial score (nSPS) is 14.9. The predicted molar refractivity (Wildman–Crippen MR) is 84.6 cm³/mol. The quantitative estimate of drug-likeness (QED) is 0.733. The van der Waals surface area contributed by atoms with E-state index in [2.05, 4.69) is 76.1 Å². The van der Waals surface area contributed by atoms with Crippen molar-refractivity contribution < 1.29 is 0 Å². The summed E-state index contributed by atoms with van der Waals surface area (Å²) in [4.78, 5) is 2.31. The van der Waals surface area contributed by atoms with E-state index in [1.807, 2.05) is 0 Å². The Morgan fingerprint density at radius 2 is 2.00 bits per heavy atom. The molecule has 1 nitrogen and oxygen atoms in total. The Morgan fingerprint density at radius 1 is 1.26 bits per heavy atom. The minimum absolute atomic E-state index is 1.02. The first kappa shape index (κ1) is 13.7. The molecule has 1 aliphatic heterocycles. The van der Waals surface area contributed by atoms with Crippen molar-refractivity contribution in [3.63, 3.8) is 0 Å². The fraction of sp³-hybridized carbons (Fsp3) is 0.333. The Kier molecular flexibility index (Phi) is 3.94. The van der Waals surface area contributed by atoms with Gasteiger partial charge in [-0.15, -0.1) is 0 Å². The van der Waals surface area contributed by atoms with Crippen LogP contribution in [0.1, 0.15) is 31.9 Å². The first-order valence-electron chi connectivity index (χ1n) is 6.87. The summed E-state index contributed by atoms with van der Waals surface area (Å²) in [6.45, 7) is 8.54. The van der Waals surface area contributed by atoms with Crippen LogP contribution in [0.2, 0.25) is 0 Å². The number of hydrogen-bond acceptors (Lipinski definition) is 1. The predicted octanol–water partition coefficient (Wildman–Crippen LogP) is 4.78. The van der Waals surface area contributed by atoms with Crippen LogP contribution in [0.15, 0.2) is 53.3 Å². The highest BCUT2D eigenvalue weighted by atomic mass is 15.1. The number of benzene rings is 1. The smallest absolute Gasteiger partial charge is 0.0446 e. The van der Waals surface area contributed by atoms with E-state index < -0.39 is 0 Å². The number of fused-ring (bicyclic) bond motifs is 1. The van der Waals surface area contributed by atoms with Gasteiger partial charge in [0.15, 0.2) is 0 Å². The molecule has 0 aromatic heterocycles. The summed E-state index contributed by atoms with van der Waals surface area (Å²) in [5, 5.41) is 0. The third kappa shape index (κ3) is 2.81. The molecule has 0 radical (unpaired) electrons. The average Bonchev–Trinajstić information content (AvgIpc) is 2.35. The molecule has 100 valence electrons. The Bertz CT molecular complexity index is 569. The van der Waals surface area contributed by atoms with Crippen molar-refractivity contribution in [2.45, 2.75) is 34.1 Å². The zero-order valence-electron chi connectivity index (χ0n) is 12.6. The summed E-state index contributed by atoms with van der Waals surface area (Å²) >= 11 is 0. The van der Waals surface area contributed by atoms with Crippen LogP contribution in [0.3, 0.4) is 0 Å². The van der Waals surface area contributed by atoms with Crippen molar-refractivity contribution in [1.29, 1.82) is 0 Å². The van der Waals surface area contributed by atoms with Crippen molar-refractivity contribution in [3.8, 4) is 0 Å². The minimum atomic E-state index is 1.02. The number of aryl methyl sites for hydroxylation is 1. The SMILES string of the molecule is CC=CC1=C(C=C(C)C)N(C)c2cc(C)ccc2C1. The molecule has 2 rings (SSSR count). The summed E-state index contributed by atoms with van der Waals surface area (Å²) < 4.78 is 0. The Hall–Kier alpha value is -1.76. The highest BCUT2D eigenvalue weighted by Crippen LogP contribution is 2.34. The van der Waals surface area contributed by atoms with Gasteiger partial charge < -0.3 is 4.90 Å². The molecule has 0 saturated heterocycles. The molecule has 1 aromatic rings. The lowest BCUT2D eigenvalue weighted by atomic mass is 9.94. The first-order valence-corrected chi connectivity index (χ1v) is 6.87. The molecular weight excluding hydrogens is 230 g/mol. The van der Waals surface area contributed by atoms with Crippen LogP contribution in [0.25, 0.3) is 0 Å². The van der Waals surface area contributed by atoms with Crippen LogP contribution in [0.5, 0.6) is 0 Å². The molecule has 0 aliphatic carbocycles. The van der Waals surface area contributed by atoms with Crippen molar-refractivity contribution in [3.05, 3.63) is 64.4 Å². The molecule has 0 saturated carbocycles. The second-order valence-corrected chi connectivity index (χ2v) is 5.50. The van der Waals surface area contributed by atoms with E-state index in [0.29, 0.717) is 0 Å². The van der Waals surface area contributed by atoms with Gasteiger partial charge in [0.05, 0.1) is 0 Å². The molecule has 19 heavy (non-hydrogen) atoms. The molecule has 0 atom stereocenters. The second kappa shape index (κ2) is 5.48. The van der Waals surface area contributed by atoms with Crippen LogP contribution in [-0.2, 0) is 6.42 Å². The van der Waals surface area contributed by atoms with Gasteiger partial charge in [-0.2, -0.15) is 0 Å². The lowest BCUT2D eigenvalue weighted by molar-refractivity contribution is 0.995. The lowest BCUT2D eigenvalue weighted by Gasteiger charge is -2.31. The van der Waals surface area contributed by atoms with Gasteiger partial charge in [0.25, 0.3) is 0 Å². The van der Waals surface area contributed by atoms with E-state index in [4.69, 9.17) is 0 Å². The highest BCUT2D eigenvalue weighted by Gasteiger charge is 2.19. The number of rotatable bonds is 2. The number of anilines is 1. The van der Waals surface area contributed by atoms with Crippen molar-refractivity contribution in [2.75, 3.05) is 11.9 Å². The monoisotopic (exact) mass is 253 g/mol. The summed E-state index contributed by atoms with van der Waals surface area (Å²) in [5.41, 5.74) is 8.10. The summed E-state index contributed by atoms with van der Waals surface area (Å²) in [5.74, 6) is 0. The maximum Gasteiger partial charge on any atom is 0.0446 e. The van der Waals surface area contributed by atoms with Gasteiger partial charge in [-0.1, -0.05) is 29.9 Å². The number of likely N-dealkylation sites (N-methyl/N-ethyl adjacent to an activating group) is 1. The third-order valence-corrected chi connectivity index (χ3v) is 3.47. The van der Waals surface area contributed by atoms with E-state index in [1.54, 1.807) is 0 Å². The van der Waals surface area contributed by atoms with Gasteiger partial charge in [0.1, 0.15) is 0 Å². The van der Waals surface area contributed by atoms with E-state index in [1.165, 1.54) is 33.7 Å². The summed E-state index contributed by atoms with van der Waals surface area (Å²) in [6, 6.07) is 6.73. The average molecular weight is 253 g/mol. The number of allylic oxidation sites excluding steroid dienone is 5. The Labute approximate surface area is 116 Å². The van der Waals surface area contributed by atoms with Crippen LogP contribution < -0.4 is 4.90 Å². The largest absolute Gasteiger partial charge is 0.344 e. The van der Waals surface area contributed by atoms with E-state index in [0.717, 1.165) is 6.42 Å². The molecule has 1 heterocycles. The molecule has 0 amide bonds. The van der Waals surface area contributed by atoms with Gasteiger partial charge in [-0.05, 0) is 56.5 Å². The van der Waals surface area contributed by atoms with Crippen LogP contribution in [-0.4, -0.2) is 7.05 Å². The van der Waals surface area contributed by atoms with Crippen LogP contribution in [0, 0.1) is 6.92 Å². The Balaban J connectivity index is 2.56. The van der Waals surface area contributed by atoms with Crippen LogP contribution in [0.4, 0.5) is 5.69 Å². The molecule has 1 heteroatoms. The molecule has 0 spiro atoms. The number of hydrogen-bond donors (Lipinski definition) is 0. The molecule has 0 N–H and O–H groups in total. The van der Waals surface area contributed by atoms with Gasteiger partial charge in [-0.3, -0.25) is 0 Å². The second-order valence-electron chi connectivity index (χ2n) is 5.50. The van der Waals surface area contributed by atoms with E-state index >= 15 is 0 Å². The molecule has 0 bridgehead atoms. The molecule has 0 fully saturated rings. The third-order valence-electron chi connectivity index (χ3n) is 3.47. The van der Waals surface area contributed by atoms with Gasteiger partial charge in [0.2, 0.25) is 0 Å². The fourth-order valence-corrected chi connectivity index (χ4v) is 2.58. The highest BCUT2D eigenvalue weighted by molar-refractivity contribution is 5.67. The van der Waals surface area contributed by atoms with Gasteiger partial charge >= 0.3 is 0 Å². The minimum Gasteiger partial charge on any atom is -0.344 e. The zero-order valence-corrected chi connectivity index (χ0v) is 12.6. The lowest BCUT2D eigenvalue weighted by Crippen LogP contribution is -2.23. The van der Waals surface area contributed by atoms with Crippen molar-refractivity contribution in [1.82, 2.24) is 0 Å². The van der Waals surface area contributed by atoms with Crippen molar-refractivity contribution >= 4 is 5.69 Å². The van der Waals surface area contributed by atoms with Crippen molar-refractivity contribution in [2.24, 2.45) is 0 Å². The molecule has 1 aliphatic rings. The van der Waals surface area contributed by atoms with Crippen LogP contribution >= 0.6 is 0 Å². The molecule has 1 aromatic carbocycles. The maximum atomic E-state index is 2.31. The Morgan fingerprint density at radius 3 is 2.63 bits per heavy atom. The maximum absolute atomic E-state index is 2.31. The topological polar surface area (TPSA) is 3.24 Å². The molecular formula is C18H23N. The standard InChI is InChI=1S/C18H23N/c1-6-7-15-12-16-9-8-14(4)11-18(16)19(5)17(15)10-13(2)3/h6-11H,12H2,1-5H3.